The zero-order valence-corrected chi connectivity index (χ0v) is 6.26. The van der Waals surface area contributed by atoms with Crippen LogP contribution in [-0.4, -0.2) is 19.3 Å². The third-order valence-electron chi connectivity index (χ3n) is 0.926. The van der Waals surface area contributed by atoms with Gasteiger partial charge in [-0.3, -0.25) is 4.99 Å². The largest absolute Gasteiger partial charge is 0.394 e. The number of nitrogens with zero attached hydrogens (tertiary/aromatic N) is 1. The maximum Gasteiger partial charge on any atom is 0.0664 e. The van der Waals surface area contributed by atoms with Crippen molar-refractivity contribution >= 4 is 6.21 Å². The highest BCUT2D eigenvalue weighted by atomic mass is 14.8. The maximum absolute atomic E-state index is 4.11. The number of hydrogen-bond acceptors (Lipinski definition) is 2. The van der Waals surface area contributed by atoms with Gasteiger partial charge in [0.15, 0.2) is 0 Å². The summed E-state index contributed by atoms with van der Waals surface area (Å²) in [5.74, 6) is 0. The minimum atomic E-state index is 0.294. The van der Waals surface area contributed by atoms with Gasteiger partial charge < -0.3 is 5.32 Å². The van der Waals surface area contributed by atoms with Gasteiger partial charge in [-0.05, 0) is 32.3 Å². The molecule has 0 aromatic carbocycles. The van der Waals surface area contributed by atoms with Crippen LogP contribution in [0.4, 0.5) is 0 Å². The molecule has 0 bridgehead atoms. The Labute approximate surface area is 56.7 Å². The van der Waals surface area contributed by atoms with Crippen LogP contribution in [0.5, 0.6) is 0 Å². The summed E-state index contributed by atoms with van der Waals surface area (Å²) in [6.45, 7) is 3.96. The minimum absolute atomic E-state index is 0.294. The summed E-state index contributed by atoms with van der Waals surface area (Å²) in [6.07, 6.45) is 5.70. The van der Waals surface area contributed by atoms with E-state index in [9.17, 15) is 0 Å². The van der Waals surface area contributed by atoms with E-state index in [-0.39, 0.29) is 0 Å². The van der Waals surface area contributed by atoms with Crippen molar-refractivity contribution in [2.75, 3.05) is 7.05 Å². The van der Waals surface area contributed by atoms with E-state index in [1.165, 1.54) is 0 Å². The number of hydrogen-bond donors (Lipinski definition) is 1. The molecule has 0 fully saturated rings. The normalized spacial score (nSPS) is 15.0. The summed E-state index contributed by atoms with van der Waals surface area (Å²) in [6, 6.07) is 0.294. The Morgan fingerprint density at radius 3 is 2.67 bits per heavy atom. The van der Waals surface area contributed by atoms with Crippen LogP contribution in [0.15, 0.2) is 17.3 Å². The summed E-state index contributed by atoms with van der Waals surface area (Å²) >= 11 is 0. The molecule has 1 unspecified atom stereocenters. The third-order valence-corrected chi connectivity index (χ3v) is 0.926. The van der Waals surface area contributed by atoms with Gasteiger partial charge in [0.05, 0.1) is 6.04 Å². The molecule has 2 nitrogen and oxygen atoms in total. The monoisotopic (exact) mass is 126 g/mol. The Hall–Kier alpha value is -0.790. The highest BCUT2D eigenvalue weighted by Crippen LogP contribution is 1.87. The lowest BCUT2D eigenvalue weighted by atomic mass is 10.3. The maximum atomic E-state index is 4.11. The van der Waals surface area contributed by atoms with E-state index in [0.717, 1.165) is 0 Å². The summed E-state index contributed by atoms with van der Waals surface area (Å²) in [5, 5.41) is 2.90. The van der Waals surface area contributed by atoms with Crippen LogP contribution in [0, 0.1) is 0 Å². The van der Waals surface area contributed by atoms with Gasteiger partial charge in [0.25, 0.3) is 0 Å². The Morgan fingerprint density at radius 1 is 1.56 bits per heavy atom. The third kappa shape index (κ3) is 5.07. The molecule has 0 aliphatic rings. The highest BCUT2D eigenvalue weighted by Gasteiger charge is 1.85. The summed E-state index contributed by atoms with van der Waals surface area (Å²) < 4.78 is 0. The van der Waals surface area contributed by atoms with Crippen LogP contribution in [0.25, 0.3) is 0 Å². The van der Waals surface area contributed by atoms with Crippen LogP contribution in [0.1, 0.15) is 13.8 Å². The zero-order chi connectivity index (χ0) is 7.11. The topological polar surface area (TPSA) is 24.4 Å². The van der Waals surface area contributed by atoms with Crippen LogP contribution in [0.2, 0.25) is 0 Å². The molecule has 0 heterocycles. The fraction of sp³-hybridized carbons (Fsp3) is 0.571. The van der Waals surface area contributed by atoms with Gasteiger partial charge >= 0.3 is 0 Å². The summed E-state index contributed by atoms with van der Waals surface area (Å²) in [7, 11) is 1.87. The molecule has 0 saturated heterocycles. The van der Waals surface area contributed by atoms with E-state index < -0.39 is 0 Å². The molecule has 0 aromatic rings. The van der Waals surface area contributed by atoms with Crippen LogP contribution in [0.3, 0.4) is 0 Å². The van der Waals surface area contributed by atoms with Gasteiger partial charge in [-0.1, -0.05) is 0 Å². The molecule has 1 atom stereocenters. The second-order valence-electron chi connectivity index (χ2n) is 1.80. The van der Waals surface area contributed by atoms with Crippen molar-refractivity contribution in [1.29, 1.82) is 0 Å². The quantitative estimate of drug-likeness (QED) is 0.564. The average Bonchev–Trinajstić information content (AvgIpc) is 1.85. The Bertz CT molecular complexity index is 105. The molecule has 0 aromatic heterocycles. The number of nitrogens with one attached hydrogen (secondary N) is 1. The predicted octanol–water partition coefficient (Wildman–Crippen LogP) is 1.20. The summed E-state index contributed by atoms with van der Waals surface area (Å²) in [4.78, 5) is 4.11. The van der Waals surface area contributed by atoms with Crippen molar-refractivity contribution in [1.82, 2.24) is 5.32 Å². The molecule has 0 aliphatic carbocycles. The van der Waals surface area contributed by atoms with Crippen molar-refractivity contribution in [2.24, 2.45) is 4.99 Å². The molecule has 0 radical (unpaired) electrons. The first-order chi connectivity index (χ1) is 4.31. The Morgan fingerprint density at radius 2 is 2.22 bits per heavy atom. The van der Waals surface area contributed by atoms with Gasteiger partial charge in [-0.2, -0.15) is 0 Å². The highest BCUT2D eigenvalue weighted by molar-refractivity contribution is 5.53. The van der Waals surface area contributed by atoms with E-state index in [0.29, 0.717) is 6.04 Å². The Kier molecular flexibility index (Phi) is 4.88. The SMILES string of the molecule is CC=NC(C)C=CNC. The molecular formula is C7H14N2. The van der Waals surface area contributed by atoms with E-state index in [1.54, 1.807) is 0 Å². The first kappa shape index (κ1) is 8.21. The molecule has 0 saturated carbocycles. The molecule has 0 aliphatic heterocycles. The Balaban J connectivity index is 3.48. The smallest absolute Gasteiger partial charge is 0.0664 e. The van der Waals surface area contributed by atoms with Crippen molar-refractivity contribution in [3.63, 3.8) is 0 Å². The fourth-order valence-corrected chi connectivity index (χ4v) is 0.520. The molecule has 2 heteroatoms. The van der Waals surface area contributed by atoms with Gasteiger partial charge in [0.2, 0.25) is 0 Å². The van der Waals surface area contributed by atoms with Gasteiger partial charge in [-0.25, -0.2) is 0 Å². The van der Waals surface area contributed by atoms with E-state index in [2.05, 4.69) is 10.3 Å². The van der Waals surface area contributed by atoms with Crippen molar-refractivity contribution in [3.8, 4) is 0 Å². The van der Waals surface area contributed by atoms with Gasteiger partial charge in [0.1, 0.15) is 0 Å². The second-order valence-corrected chi connectivity index (χ2v) is 1.80. The predicted molar refractivity (Wildman–Crippen MR) is 41.8 cm³/mol. The molecule has 52 valence electrons. The molecular weight excluding hydrogens is 112 g/mol. The lowest BCUT2D eigenvalue weighted by molar-refractivity contribution is 0.915. The van der Waals surface area contributed by atoms with Crippen molar-refractivity contribution in [2.45, 2.75) is 19.9 Å². The molecule has 1 N–H and O–H groups in total. The molecule has 0 amide bonds. The van der Waals surface area contributed by atoms with Crippen LogP contribution < -0.4 is 5.32 Å². The van der Waals surface area contributed by atoms with E-state index in [1.807, 2.05) is 39.4 Å². The number of rotatable bonds is 3. The molecule has 0 spiro atoms. The number of aliphatic imine (C=N–C) groups is 1. The lowest BCUT2D eigenvalue weighted by Crippen LogP contribution is -1.97. The van der Waals surface area contributed by atoms with Crippen LogP contribution >= 0.6 is 0 Å². The first-order valence-electron chi connectivity index (χ1n) is 3.13. The van der Waals surface area contributed by atoms with Gasteiger partial charge in [0, 0.05) is 7.05 Å². The van der Waals surface area contributed by atoms with E-state index >= 15 is 0 Å². The molecule has 9 heavy (non-hydrogen) atoms. The van der Waals surface area contributed by atoms with Crippen molar-refractivity contribution in [3.05, 3.63) is 12.3 Å². The fourth-order valence-electron chi connectivity index (χ4n) is 0.520. The second kappa shape index (κ2) is 5.35. The first-order valence-corrected chi connectivity index (χ1v) is 3.13. The van der Waals surface area contributed by atoms with Gasteiger partial charge in [-0.15, -0.1) is 0 Å². The summed E-state index contributed by atoms with van der Waals surface area (Å²) in [5.41, 5.74) is 0. The lowest BCUT2D eigenvalue weighted by Gasteiger charge is -1.94. The standard InChI is InChI=1S/C7H14N2/c1-4-9-7(2)5-6-8-3/h4-8H,1-3H3. The zero-order valence-electron chi connectivity index (χ0n) is 6.26. The minimum Gasteiger partial charge on any atom is -0.394 e. The van der Waals surface area contributed by atoms with E-state index in [4.69, 9.17) is 0 Å². The van der Waals surface area contributed by atoms with Crippen LogP contribution in [-0.2, 0) is 0 Å². The van der Waals surface area contributed by atoms with Crippen molar-refractivity contribution < 1.29 is 0 Å². The average molecular weight is 126 g/mol. The molecule has 0 rings (SSSR count).